The van der Waals surface area contributed by atoms with Gasteiger partial charge in [0.15, 0.2) is 6.10 Å². The molecule has 90 valence electrons. The van der Waals surface area contributed by atoms with E-state index in [1.54, 1.807) is 6.07 Å². The zero-order chi connectivity index (χ0) is 12.3. The van der Waals surface area contributed by atoms with Gasteiger partial charge in [-0.25, -0.2) is 0 Å². The van der Waals surface area contributed by atoms with Crippen molar-refractivity contribution in [2.75, 3.05) is 7.11 Å². The Hall–Kier alpha value is -1.27. The summed E-state index contributed by atoms with van der Waals surface area (Å²) in [7, 11) is 1.39. The van der Waals surface area contributed by atoms with Gasteiger partial charge in [-0.05, 0) is 17.7 Å². The molecule has 0 heterocycles. The molecule has 6 heteroatoms. The molecule has 0 radical (unpaired) electrons. The maximum Gasteiger partial charge on any atom is 0.416 e. The van der Waals surface area contributed by atoms with E-state index in [0.717, 1.165) is 0 Å². The van der Waals surface area contributed by atoms with E-state index >= 15 is 0 Å². The minimum atomic E-state index is -4.73. The average Bonchev–Trinajstić information content (AvgIpc) is 2.26. The first kappa shape index (κ1) is 12.8. The molecule has 0 bridgehead atoms. The average molecular weight is 235 g/mol. The van der Waals surface area contributed by atoms with Crippen LogP contribution < -0.4 is 10.5 Å². The molecule has 2 atom stereocenters. The second-order valence-electron chi connectivity index (χ2n) is 3.29. The Bertz CT molecular complexity index is 354. The number of aliphatic hydroxyl groups is 1. The van der Waals surface area contributed by atoms with Gasteiger partial charge >= 0.3 is 6.18 Å². The molecule has 1 aromatic rings. The minimum absolute atomic E-state index is 0.171. The maximum atomic E-state index is 12.2. The third-order valence-electron chi connectivity index (χ3n) is 2.15. The molecule has 1 rings (SSSR count). The van der Waals surface area contributed by atoms with Crippen molar-refractivity contribution in [2.45, 2.75) is 18.3 Å². The topological polar surface area (TPSA) is 55.5 Å². The molecule has 0 saturated carbocycles. The van der Waals surface area contributed by atoms with Gasteiger partial charge in [-0.2, -0.15) is 13.2 Å². The molecule has 0 fully saturated rings. The van der Waals surface area contributed by atoms with Crippen molar-refractivity contribution in [1.29, 1.82) is 0 Å². The van der Waals surface area contributed by atoms with Crippen LogP contribution in [0.1, 0.15) is 11.6 Å². The molecule has 0 aliphatic rings. The lowest BCUT2D eigenvalue weighted by molar-refractivity contribution is -0.210. The Balaban J connectivity index is 2.91. The first-order valence-electron chi connectivity index (χ1n) is 4.50. The van der Waals surface area contributed by atoms with Gasteiger partial charge in [0.25, 0.3) is 0 Å². The summed E-state index contributed by atoms with van der Waals surface area (Å²) in [6.07, 6.45) is -7.32. The fourth-order valence-electron chi connectivity index (χ4n) is 1.23. The van der Waals surface area contributed by atoms with Gasteiger partial charge in [0.2, 0.25) is 0 Å². The number of rotatable bonds is 3. The van der Waals surface area contributed by atoms with E-state index in [0.29, 0.717) is 5.75 Å². The molecule has 0 aliphatic carbocycles. The molecule has 1 aromatic carbocycles. The zero-order valence-electron chi connectivity index (χ0n) is 8.53. The Labute approximate surface area is 90.6 Å². The number of nitrogens with two attached hydrogens (primary N) is 1. The lowest BCUT2D eigenvalue weighted by Gasteiger charge is -2.21. The number of halogens is 3. The molecule has 16 heavy (non-hydrogen) atoms. The number of ether oxygens (including phenoxy) is 1. The van der Waals surface area contributed by atoms with Crippen LogP contribution in [0.4, 0.5) is 13.2 Å². The van der Waals surface area contributed by atoms with Crippen molar-refractivity contribution >= 4 is 0 Å². The summed E-state index contributed by atoms with van der Waals surface area (Å²) in [6, 6.07) is 4.34. The number of alkyl halides is 3. The molecule has 3 N–H and O–H groups in total. The minimum Gasteiger partial charge on any atom is -0.497 e. The molecular formula is C10H12F3NO2. The van der Waals surface area contributed by atoms with E-state index in [1.807, 2.05) is 0 Å². The summed E-state index contributed by atoms with van der Waals surface area (Å²) in [5, 5.41) is 8.98. The lowest BCUT2D eigenvalue weighted by Crippen LogP contribution is -2.38. The summed E-state index contributed by atoms with van der Waals surface area (Å²) in [6.45, 7) is 0. The van der Waals surface area contributed by atoms with Crippen LogP contribution in [-0.4, -0.2) is 24.5 Å². The maximum absolute atomic E-state index is 12.2. The Morgan fingerprint density at radius 3 is 2.50 bits per heavy atom. The summed E-state index contributed by atoms with van der Waals surface area (Å²) in [5.74, 6) is 0.391. The summed E-state index contributed by atoms with van der Waals surface area (Å²) < 4.78 is 41.5. The van der Waals surface area contributed by atoms with Crippen LogP contribution in [0.2, 0.25) is 0 Å². The van der Waals surface area contributed by atoms with Crippen molar-refractivity contribution in [2.24, 2.45) is 5.73 Å². The molecule has 0 unspecified atom stereocenters. The fraction of sp³-hybridized carbons (Fsp3) is 0.400. The highest BCUT2D eigenvalue weighted by Gasteiger charge is 2.42. The summed E-state index contributed by atoms with van der Waals surface area (Å²) >= 11 is 0. The van der Waals surface area contributed by atoms with Crippen molar-refractivity contribution in [1.82, 2.24) is 0 Å². The van der Waals surface area contributed by atoms with Gasteiger partial charge in [-0.3, -0.25) is 0 Å². The third kappa shape index (κ3) is 2.86. The third-order valence-corrected chi connectivity index (χ3v) is 2.15. The number of aliphatic hydroxyl groups excluding tert-OH is 1. The van der Waals surface area contributed by atoms with Crippen molar-refractivity contribution < 1.29 is 23.0 Å². The van der Waals surface area contributed by atoms with E-state index in [9.17, 15) is 13.2 Å². The number of hydrogen-bond acceptors (Lipinski definition) is 3. The molecule has 0 amide bonds. The predicted octanol–water partition coefficient (Wildman–Crippen LogP) is 1.62. The fourth-order valence-corrected chi connectivity index (χ4v) is 1.23. The molecule has 0 aliphatic heterocycles. The zero-order valence-corrected chi connectivity index (χ0v) is 8.53. The predicted molar refractivity (Wildman–Crippen MR) is 52.0 cm³/mol. The highest BCUT2D eigenvalue weighted by molar-refractivity contribution is 5.31. The van der Waals surface area contributed by atoms with E-state index in [2.05, 4.69) is 0 Å². The smallest absolute Gasteiger partial charge is 0.416 e. The van der Waals surface area contributed by atoms with Crippen molar-refractivity contribution in [3.05, 3.63) is 29.8 Å². The van der Waals surface area contributed by atoms with Crippen LogP contribution in [0.3, 0.4) is 0 Å². The molecule has 0 saturated heterocycles. The van der Waals surface area contributed by atoms with E-state index < -0.39 is 18.3 Å². The number of hydrogen-bond donors (Lipinski definition) is 2. The Kier molecular flexibility index (Phi) is 3.77. The van der Waals surface area contributed by atoms with Crippen LogP contribution in [0.25, 0.3) is 0 Å². The first-order chi connectivity index (χ1) is 7.36. The van der Waals surface area contributed by atoms with Crippen molar-refractivity contribution in [3.63, 3.8) is 0 Å². The second kappa shape index (κ2) is 4.71. The Morgan fingerprint density at radius 1 is 1.38 bits per heavy atom. The highest BCUT2D eigenvalue weighted by atomic mass is 19.4. The highest BCUT2D eigenvalue weighted by Crippen LogP contribution is 2.29. The molecule has 3 nitrogen and oxygen atoms in total. The summed E-state index contributed by atoms with van der Waals surface area (Å²) in [5.41, 5.74) is 5.49. The van der Waals surface area contributed by atoms with Crippen LogP contribution in [0.15, 0.2) is 24.3 Å². The number of benzene rings is 1. The van der Waals surface area contributed by atoms with Crippen LogP contribution in [-0.2, 0) is 0 Å². The summed E-state index contributed by atoms with van der Waals surface area (Å²) in [4.78, 5) is 0. The largest absolute Gasteiger partial charge is 0.497 e. The van der Waals surface area contributed by atoms with E-state index in [1.165, 1.54) is 25.3 Å². The molecular weight excluding hydrogens is 223 g/mol. The van der Waals surface area contributed by atoms with Gasteiger partial charge in [0.1, 0.15) is 5.75 Å². The van der Waals surface area contributed by atoms with Gasteiger partial charge < -0.3 is 15.6 Å². The van der Waals surface area contributed by atoms with E-state index in [-0.39, 0.29) is 5.56 Å². The van der Waals surface area contributed by atoms with E-state index in [4.69, 9.17) is 15.6 Å². The molecule has 0 aromatic heterocycles. The van der Waals surface area contributed by atoms with Crippen molar-refractivity contribution in [3.8, 4) is 5.75 Å². The van der Waals surface area contributed by atoms with Crippen LogP contribution in [0.5, 0.6) is 5.75 Å². The lowest BCUT2D eigenvalue weighted by atomic mass is 10.0. The van der Waals surface area contributed by atoms with Gasteiger partial charge in [0.05, 0.1) is 13.2 Å². The van der Waals surface area contributed by atoms with Crippen LogP contribution in [0, 0.1) is 0 Å². The first-order valence-corrected chi connectivity index (χ1v) is 4.50. The van der Waals surface area contributed by atoms with Crippen LogP contribution >= 0.6 is 0 Å². The monoisotopic (exact) mass is 235 g/mol. The van der Waals surface area contributed by atoms with Gasteiger partial charge in [-0.15, -0.1) is 0 Å². The standard InChI is InChI=1S/C10H12F3NO2/c1-16-7-4-2-3-6(5-7)8(14)9(15)10(11,12)13/h2-5,8-9,15H,14H2,1H3/t8-,9-/m1/s1. The normalized spacial score (nSPS) is 15.6. The molecule has 0 spiro atoms. The van der Waals surface area contributed by atoms with Gasteiger partial charge in [0, 0.05) is 0 Å². The number of methoxy groups -OCH3 is 1. The van der Waals surface area contributed by atoms with Gasteiger partial charge in [-0.1, -0.05) is 12.1 Å². The second-order valence-corrected chi connectivity index (χ2v) is 3.29. The Morgan fingerprint density at radius 2 is 2.00 bits per heavy atom. The quantitative estimate of drug-likeness (QED) is 0.837. The SMILES string of the molecule is COc1cccc([C@@H](N)[C@@H](O)C(F)(F)F)c1.